The Morgan fingerprint density at radius 1 is 1.09 bits per heavy atom. The van der Waals surface area contributed by atoms with Gasteiger partial charge in [0.25, 0.3) is 0 Å². The molecule has 2 rings (SSSR count). The fourth-order valence-corrected chi connectivity index (χ4v) is 2.87. The first-order chi connectivity index (χ1) is 10.8. The lowest BCUT2D eigenvalue weighted by Crippen LogP contribution is -2.15. The number of aryl methyl sites for hydroxylation is 1. The molecule has 3 nitrogen and oxygen atoms in total. The van der Waals surface area contributed by atoms with Gasteiger partial charge in [0.2, 0.25) is 5.91 Å². The second-order valence-electron chi connectivity index (χ2n) is 4.89. The van der Waals surface area contributed by atoms with Gasteiger partial charge in [-0.05, 0) is 36.3 Å². The second-order valence-corrected chi connectivity index (χ2v) is 6.00. The molecular weight excluding hydrogens is 294 g/mol. The molecule has 0 aliphatic carbocycles. The Bertz CT molecular complexity index is 587. The fourth-order valence-electron chi connectivity index (χ4n) is 2.12. The molecule has 1 N–H and O–H groups in total. The standard InChI is InChI=1S/C18H21NO2S/c1-21-17-12-6-5-11-16(17)19-18(20)14-22-13-7-10-15-8-3-2-4-9-15/h2-6,8-9,11-12H,7,10,13-14H2,1H3,(H,19,20). The van der Waals surface area contributed by atoms with E-state index in [1.165, 1.54) is 5.56 Å². The Kier molecular flexibility index (Phi) is 6.84. The molecule has 0 unspecified atom stereocenters. The predicted molar refractivity (Wildman–Crippen MR) is 93.7 cm³/mol. The number of ether oxygens (including phenoxy) is 1. The molecule has 0 radical (unpaired) electrons. The van der Waals surface area contributed by atoms with E-state index in [-0.39, 0.29) is 5.91 Å². The summed E-state index contributed by atoms with van der Waals surface area (Å²) < 4.78 is 5.22. The first-order valence-corrected chi connectivity index (χ1v) is 8.49. The van der Waals surface area contributed by atoms with E-state index in [1.807, 2.05) is 30.3 Å². The van der Waals surface area contributed by atoms with Crippen LogP contribution in [0, 0.1) is 0 Å². The quantitative estimate of drug-likeness (QED) is 0.748. The monoisotopic (exact) mass is 315 g/mol. The van der Waals surface area contributed by atoms with Crippen molar-refractivity contribution in [1.29, 1.82) is 0 Å². The van der Waals surface area contributed by atoms with Gasteiger partial charge in [-0.25, -0.2) is 0 Å². The van der Waals surface area contributed by atoms with Crippen LogP contribution >= 0.6 is 11.8 Å². The van der Waals surface area contributed by atoms with E-state index in [1.54, 1.807) is 18.9 Å². The number of hydrogen-bond donors (Lipinski definition) is 1. The molecule has 0 saturated heterocycles. The summed E-state index contributed by atoms with van der Waals surface area (Å²) in [5.41, 5.74) is 2.07. The van der Waals surface area contributed by atoms with Crippen LogP contribution in [0.1, 0.15) is 12.0 Å². The molecule has 22 heavy (non-hydrogen) atoms. The number of para-hydroxylation sites is 2. The van der Waals surface area contributed by atoms with Crippen molar-refractivity contribution in [3.8, 4) is 5.75 Å². The topological polar surface area (TPSA) is 38.3 Å². The first-order valence-electron chi connectivity index (χ1n) is 7.34. The maximum absolute atomic E-state index is 11.9. The van der Waals surface area contributed by atoms with Crippen molar-refractivity contribution >= 4 is 23.4 Å². The highest BCUT2D eigenvalue weighted by molar-refractivity contribution is 7.99. The average Bonchev–Trinajstić information content (AvgIpc) is 2.56. The van der Waals surface area contributed by atoms with Gasteiger partial charge < -0.3 is 10.1 Å². The maximum Gasteiger partial charge on any atom is 0.234 e. The number of benzene rings is 2. The number of carbonyl (C=O) groups excluding carboxylic acids is 1. The van der Waals surface area contributed by atoms with Crippen LogP contribution < -0.4 is 10.1 Å². The number of carbonyl (C=O) groups is 1. The molecule has 0 aliphatic rings. The van der Waals surface area contributed by atoms with Crippen molar-refractivity contribution in [2.75, 3.05) is 23.9 Å². The third-order valence-electron chi connectivity index (χ3n) is 3.21. The van der Waals surface area contributed by atoms with Gasteiger partial charge in [-0.1, -0.05) is 42.5 Å². The van der Waals surface area contributed by atoms with Gasteiger partial charge in [0.15, 0.2) is 0 Å². The average molecular weight is 315 g/mol. The minimum atomic E-state index is 0.00853. The van der Waals surface area contributed by atoms with Crippen molar-refractivity contribution in [2.45, 2.75) is 12.8 Å². The summed E-state index contributed by atoms with van der Waals surface area (Å²) in [6.45, 7) is 0. The van der Waals surface area contributed by atoms with Gasteiger partial charge in [-0.15, -0.1) is 0 Å². The van der Waals surface area contributed by atoms with Gasteiger partial charge in [-0.3, -0.25) is 4.79 Å². The zero-order valence-corrected chi connectivity index (χ0v) is 13.6. The highest BCUT2D eigenvalue weighted by Gasteiger charge is 2.06. The minimum Gasteiger partial charge on any atom is -0.495 e. The summed E-state index contributed by atoms with van der Waals surface area (Å²) in [4.78, 5) is 11.9. The van der Waals surface area contributed by atoms with Crippen LogP contribution in [-0.2, 0) is 11.2 Å². The lowest BCUT2D eigenvalue weighted by molar-refractivity contribution is -0.113. The van der Waals surface area contributed by atoms with Crippen LogP contribution in [0.4, 0.5) is 5.69 Å². The summed E-state index contributed by atoms with van der Waals surface area (Å²) in [7, 11) is 1.60. The number of rotatable bonds is 8. The number of amides is 1. The first kappa shape index (κ1) is 16.4. The highest BCUT2D eigenvalue weighted by atomic mass is 32.2. The highest BCUT2D eigenvalue weighted by Crippen LogP contribution is 2.23. The van der Waals surface area contributed by atoms with Crippen molar-refractivity contribution < 1.29 is 9.53 Å². The Morgan fingerprint density at radius 3 is 2.59 bits per heavy atom. The van der Waals surface area contributed by atoms with Crippen LogP contribution in [-0.4, -0.2) is 24.5 Å². The molecule has 0 saturated carbocycles. The summed E-state index contributed by atoms with van der Waals surface area (Å²) in [5.74, 6) is 2.14. The predicted octanol–water partition coefficient (Wildman–Crippen LogP) is 4.00. The smallest absolute Gasteiger partial charge is 0.234 e. The Balaban J connectivity index is 1.65. The number of hydrogen-bond acceptors (Lipinski definition) is 3. The normalized spacial score (nSPS) is 10.2. The maximum atomic E-state index is 11.9. The molecule has 0 fully saturated rings. The molecule has 2 aromatic carbocycles. The number of methoxy groups -OCH3 is 1. The zero-order chi connectivity index (χ0) is 15.6. The van der Waals surface area contributed by atoms with Crippen molar-refractivity contribution in [1.82, 2.24) is 0 Å². The SMILES string of the molecule is COc1ccccc1NC(=O)CSCCCc1ccccc1. The van der Waals surface area contributed by atoms with E-state index < -0.39 is 0 Å². The van der Waals surface area contributed by atoms with Crippen LogP contribution in [0.15, 0.2) is 54.6 Å². The van der Waals surface area contributed by atoms with E-state index in [0.29, 0.717) is 11.5 Å². The summed E-state index contributed by atoms with van der Waals surface area (Å²) in [5, 5.41) is 2.89. The van der Waals surface area contributed by atoms with Crippen LogP contribution in [0.3, 0.4) is 0 Å². The molecule has 0 aromatic heterocycles. The molecule has 116 valence electrons. The summed E-state index contributed by atoms with van der Waals surface area (Å²) in [6, 6.07) is 17.9. The van der Waals surface area contributed by atoms with Gasteiger partial charge in [0, 0.05) is 0 Å². The zero-order valence-electron chi connectivity index (χ0n) is 12.7. The van der Waals surface area contributed by atoms with Gasteiger partial charge in [-0.2, -0.15) is 11.8 Å². The number of nitrogens with one attached hydrogen (secondary N) is 1. The van der Waals surface area contributed by atoms with E-state index in [9.17, 15) is 4.79 Å². The molecule has 0 bridgehead atoms. The third-order valence-corrected chi connectivity index (χ3v) is 4.25. The van der Waals surface area contributed by atoms with Crippen molar-refractivity contribution in [3.05, 3.63) is 60.2 Å². The van der Waals surface area contributed by atoms with Crippen LogP contribution in [0.25, 0.3) is 0 Å². The lowest BCUT2D eigenvalue weighted by atomic mass is 10.1. The van der Waals surface area contributed by atoms with E-state index in [2.05, 4.69) is 29.6 Å². The molecule has 0 atom stereocenters. The lowest BCUT2D eigenvalue weighted by Gasteiger charge is -2.09. The van der Waals surface area contributed by atoms with E-state index in [4.69, 9.17) is 4.74 Å². The molecule has 1 amide bonds. The van der Waals surface area contributed by atoms with Gasteiger partial charge >= 0.3 is 0 Å². The number of anilines is 1. The Hall–Kier alpha value is -1.94. The summed E-state index contributed by atoms with van der Waals surface area (Å²) in [6.07, 6.45) is 2.14. The summed E-state index contributed by atoms with van der Waals surface area (Å²) >= 11 is 1.66. The van der Waals surface area contributed by atoms with E-state index in [0.717, 1.165) is 24.3 Å². The fraction of sp³-hybridized carbons (Fsp3) is 0.278. The van der Waals surface area contributed by atoms with Gasteiger partial charge in [0.05, 0.1) is 18.6 Å². The minimum absolute atomic E-state index is 0.00853. The second kappa shape index (κ2) is 9.15. The van der Waals surface area contributed by atoms with E-state index >= 15 is 0 Å². The molecule has 2 aromatic rings. The molecule has 0 aliphatic heterocycles. The Morgan fingerprint density at radius 2 is 1.82 bits per heavy atom. The largest absolute Gasteiger partial charge is 0.495 e. The van der Waals surface area contributed by atoms with Crippen LogP contribution in [0.5, 0.6) is 5.75 Å². The third kappa shape index (κ3) is 5.45. The molecule has 4 heteroatoms. The van der Waals surface area contributed by atoms with Crippen molar-refractivity contribution in [3.63, 3.8) is 0 Å². The van der Waals surface area contributed by atoms with Gasteiger partial charge in [0.1, 0.15) is 5.75 Å². The molecule has 0 heterocycles. The Labute approximate surface area is 136 Å². The van der Waals surface area contributed by atoms with Crippen molar-refractivity contribution in [2.24, 2.45) is 0 Å². The molecular formula is C18H21NO2S. The number of thioether (sulfide) groups is 1. The van der Waals surface area contributed by atoms with Crippen LogP contribution in [0.2, 0.25) is 0 Å². The molecule has 0 spiro atoms.